The third-order valence-electron chi connectivity index (χ3n) is 0.570. The minimum atomic E-state index is 0.221. The summed E-state index contributed by atoms with van der Waals surface area (Å²) < 4.78 is 0. The zero-order valence-corrected chi connectivity index (χ0v) is 5.55. The third kappa shape index (κ3) is 4.35. The Kier molecular flexibility index (Phi) is 4.99. The first kappa shape index (κ1) is 7.50. The van der Waals surface area contributed by atoms with Gasteiger partial charge in [-0.15, -0.1) is 0 Å². The highest BCUT2D eigenvalue weighted by Crippen LogP contribution is 1.78. The van der Waals surface area contributed by atoms with E-state index in [-0.39, 0.29) is 6.04 Å². The minimum Gasteiger partial charge on any atom is -0.232 e. The molecule has 0 amide bonds. The molecule has 0 saturated carbocycles. The van der Waals surface area contributed by atoms with Crippen molar-refractivity contribution < 1.29 is 0 Å². The highest BCUT2D eigenvalue weighted by Gasteiger charge is 1.93. The van der Waals surface area contributed by atoms with Crippen LogP contribution in [0.5, 0.6) is 0 Å². The normalized spacial score (nSPS) is 14.1. The maximum absolute atomic E-state index is 5.18. The van der Waals surface area contributed by atoms with E-state index in [0.717, 1.165) is 0 Å². The van der Waals surface area contributed by atoms with Crippen molar-refractivity contribution in [2.45, 2.75) is 13.0 Å². The number of nitrogens with one attached hydrogen (secondary N) is 2. The third-order valence-corrected chi connectivity index (χ3v) is 1.10. The van der Waals surface area contributed by atoms with Crippen LogP contribution in [0.1, 0.15) is 6.92 Å². The van der Waals surface area contributed by atoms with E-state index in [9.17, 15) is 0 Å². The Hall–Kier alpha value is 0.500. The summed E-state index contributed by atoms with van der Waals surface area (Å²) in [5.41, 5.74) is 0. The van der Waals surface area contributed by atoms with Crippen molar-refractivity contribution >= 4 is 23.6 Å². The Morgan fingerprint density at radius 1 is 1.57 bits per heavy atom. The van der Waals surface area contributed by atoms with Gasteiger partial charge in [-0.3, -0.25) is 0 Å². The monoisotopic (exact) mass is 142 g/mol. The molecule has 0 aliphatic heterocycles. The molecule has 0 saturated heterocycles. The first-order valence-electron chi connectivity index (χ1n) is 2.01. The topological polar surface area (TPSA) is 24.1 Å². The summed E-state index contributed by atoms with van der Waals surface area (Å²) in [5.74, 6) is 0. The predicted octanol–water partition coefficient (Wildman–Crippen LogP) is 0.862. The lowest BCUT2D eigenvalue weighted by Crippen LogP contribution is -2.26. The van der Waals surface area contributed by atoms with Crippen LogP contribution >= 0.6 is 23.6 Å². The Morgan fingerprint density at radius 3 is 2.29 bits per heavy atom. The van der Waals surface area contributed by atoms with Crippen LogP contribution in [0.2, 0.25) is 0 Å². The highest BCUT2D eigenvalue weighted by atomic mass is 35.5. The second-order valence-corrected chi connectivity index (χ2v) is 1.83. The molecule has 0 aromatic heterocycles. The molecule has 0 unspecified atom stereocenters. The van der Waals surface area contributed by atoms with Crippen molar-refractivity contribution in [1.82, 2.24) is 9.67 Å². The second kappa shape index (κ2) is 4.65. The summed E-state index contributed by atoms with van der Waals surface area (Å²) in [6, 6.07) is 0.221. The molecule has 2 N–H and O–H groups in total. The van der Waals surface area contributed by atoms with Gasteiger partial charge >= 0.3 is 0 Å². The molecule has 2 nitrogen and oxygen atoms in total. The maximum Gasteiger partial charge on any atom is 0.0330 e. The molecule has 0 radical (unpaired) electrons. The van der Waals surface area contributed by atoms with Crippen molar-refractivity contribution in [3.05, 3.63) is 0 Å². The van der Waals surface area contributed by atoms with Crippen molar-refractivity contribution in [2.75, 3.05) is 6.54 Å². The van der Waals surface area contributed by atoms with Gasteiger partial charge in [0, 0.05) is 12.6 Å². The van der Waals surface area contributed by atoms with E-state index in [4.69, 9.17) is 23.6 Å². The SMILES string of the molecule is C[C@H](CNCl)NCl. The van der Waals surface area contributed by atoms with Gasteiger partial charge in [0.1, 0.15) is 0 Å². The van der Waals surface area contributed by atoms with Crippen molar-refractivity contribution in [3.63, 3.8) is 0 Å². The molecule has 4 heteroatoms. The van der Waals surface area contributed by atoms with E-state index in [1.807, 2.05) is 6.92 Å². The standard InChI is InChI=1S/C3H8Cl2N2/c1-3(7-5)2-6-4/h3,6-7H,2H2,1H3/t3-/m1/s1. The molecule has 7 heavy (non-hydrogen) atoms. The largest absolute Gasteiger partial charge is 0.232 e. The van der Waals surface area contributed by atoms with Crippen LogP contribution in [0.15, 0.2) is 0 Å². The van der Waals surface area contributed by atoms with Crippen LogP contribution in [-0.4, -0.2) is 12.6 Å². The molecule has 0 aromatic rings. The fourth-order valence-corrected chi connectivity index (χ4v) is 0.463. The lowest BCUT2D eigenvalue weighted by Gasteiger charge is -2.02. The van der Waals surface area contributed by atoms with Crippen molar-refractivity contribution in [2.24, 2.45) is 0 Å². The molecule has 0 aliphatic carbocycles. The van der Waals surface area contributed by atoms with Crippen LogP contribution < -0.4 is 9.67 Å². The van der Waals surface area contributed by atoms with Gasteiger partial charge in [-0.1, -0.05) is 0 Å². The van der Waals surface area contributed by atoms with Crippen LogP contribution in [0.4, 0.5) is 0 Å². The Bertz CT molecular complexity index is 41.9. The molecule has 0 heterocycles. The molecular formula is C3H8Cl2N2. The number of halogens is 2. The number of hydrogen-bond donors (Lipinski definition) is 2. The Labute approximate surface area is 53.4 Å². The Morgan fingerprint density at radius 2 is 2.14 bits per heavy atom. The lowest BCUT2D eigenvalue weighted by atomic mass is 10.4. The molecule has 0 fully saturated rings. The van der Waals surface area contributed by atoms with Gasteiger partial charge in [0.15, 0.2) is 0 Å². The fourth-order valence-electron chi connectivity index (χ4n) is 0.154. The van der Waals surface area contributed by atoms with Crippen LogP contribution in [0.25, 0.3) is 0 Å². The van der Waals surface area contributed by atoms with Gasteiger partial charge in [0.05, 0.1) is 0 Å². The number of hydrogen-bond acceptors (Lipinski definition) is 2. The van der Waals surface area contributed by atoms with Gasteiger partial charge in [-0.2, -0.15) is 0 Å². The summed E-state index contributed by atoms with van der Waals surface area (Å²) in [6.07, 6.45) is 0. The van der Waals surface area contributed by atoms with E-state index >= 15 is 0 Å². The Balaban J connectivity index is 2.83. The quantitative estimate of drug-likeness (QED) is 0.572. The summed E-state index contributed by atoms with van der Waals surface area (Å²) in [7, 11) is 0. The molecule has 0 rings (SSSR count). The summed E-state index contributed by atoms with van der Waals surface area (Å²) >= 11 is 10.3. The zero-order chi connectivity index (χ0) is 5.70. The van der Waals surface area contributed by atoms with E-state index in [1.54, 1.807) is 0 Å². The van der Waals surface area contributed by atoms with E-state index in [0.29, 0.717) is 6.54 Å². The van der Waals surface area contributed by atoms with Crippen LogP contribution in [0.3, 0.4) is 0 Å². The predicted molar refractivity (Wildman–Crippen MR) is 32.3 cm³/mol. The van der Waals surface area contributed by atoms with E-state index in [1.165, 1.54) is 0 Å². The van der Waals surface area contributed by atoms with Gasteiger partial charge < -0.3 is 0 Å². The van der Waals surface area contributed by atoms with Crippen LogP contribution in [-0.2, 0) is 0 Å². The second-order valence-electron chi connectivity index (χ2n) is 1.35. The van der Waals surface area contributed by atoms with Gasteiger partial charge in [-0.05, 0) is 30.5 Å². The zero-order valence-electron chi connectivity index (χ0n) is 4.04. The van der Waals surface area contributed by atoms with Crippen molar-refractivity contribution in [3.8, 4) is 0 Å². The first-order chi connectivity index (χ1) is 3.31. The first-order valence-corrected chi connectivity index (χ1v) is 2.76. The molecule has 0 aromatic carbocycles. The summed E-state index contributed by atoms with van der Waals surface area (Å²) in [4.78, 5) is 4.93. The number of rotatable bonds is 3. The average molecular weight is 143 g/mol. The average Bonchev–Trinajstić information content (AvgIpc) is 1.68. The van der Waals surface area contributed by atoms with Gasteiger partial charge in [0.2, 0.25) is 0 Å². The van der Waals surface area contributed by atoms with E-state index < -0.39 is 0 Å². The molecule has 0 aliphatic rings. The van der Waals surface area contributed by atoms with Gasteiger partial charge in [-0.25, -0.2) is 9.67 Å². The smallest absolute Gasteiger partial charge is 0.0330 e. The molecule has 0 spiro atoms. The van der Waals surface area contributed by atoms with Crippen LogP contribution in [0, 0.1) is 0 Å². The van der Waals surface area contributed by atoms with E-state index in [2.05, 4.69) is 9.67 Å². The fraction of sp³-hybridized carbons (Fsp3) is 1.00. The molecule has 1 atom stereocenters. The highest BCUT2D eigenvalue weighted by molar-refractivity contribution is 6.14. The molecule has 0 bridgehead atoms. The summed E-state index contributed by atoms with van der Waals surface area (Å²) in [6.45, 7) is 2.59. The molecule has 44 valence electrons. The molecular weight excluding hydrogens is 135 g/mol. The minimum absolute atomic E-state index is 0.221. The van der Waals surface area contributed by atoms with Crippen molar-refractivity contribution in [1.29, 1.82) is 0 Å². The summed E-state index contributed by atoms with van der Waals surface area (Å²) in [5, 5.41) is 0. The van der Waals surface area contributed by atoms with Gasteiger partial charge in [0.25, 0.3) is 0 Å². The maximum atomic E-state index is 5.18. The lowest BCUT2D eigenvalue weighted by molar-refractivity contribution is 0.669.